The number of nitrogens with zero attached hydrogens (tertiary/aromatic N) is 3. The molecule has 32 heavy (non-hydrogen) atoms. The van der Waals surface area contributed by atoms with Crippen molar-refractivity contribution in [3.63, 3.8) is 0 Å². The van der Waals surface area contributed by atoms with Crippen molar-refractivity contribution in [2.24, 2.45) is 0 Å². The number of hydrogen-bond donors (Lipinski definition) is 2. The van der Waals surface area contributed by atoms with Gasteiger partial charge >= 0.3 is 0 Å². The van der Waals surface area contributed by atoms with E-state index in [4.69, 9.17) is 15.5 Å². The number of H-pyrrole nitrogens is 2. The molecule has 154 valence electrons. The van der Waals surface area contributed by atoms with Gasteiger partial charge in [-0.2, -0.15) is 15.5 Å². The number of nitriles is 2. The number of aromatic amines is 2. The minimum atomic E-state index is -0.253. The van der Waals surface area contributed by atoms with Crippen LogP contribution in [0.5, 0.6) is 0 Å². The third-order valence-corrected chi connectivity index (χ3v) is 5.11. The molecule has 2 aromatic carbocycles. The highest BCUT2D eigenvalue weighted by Crippen LogP contribution is 2.33. The highest BCUT2D eigenvalue weighted by atomic mass is 16.1. The van der Waals surface area contributed by atoms with Crippen LogP contribution in [0.1, 0.15) is 22.3 Å². The van der Waals surface area contributed by atoms with Crippen molar-refractivity contribution >= 4 is 28.7 Å². The van der Waals surface area contributed by atoms with E-state index in [0.29, 0.717) is 28.2 Å². The van der Waals surface area contributed by atoms with Gasteiger partial charge in [0.2, 0.25) is 0 Å². The van der Waals surface area contributed by atoms with Gasteiger partial charge in [0, 0.05) is 17.7 Å². The van der Waals surface area contributed by atoms with Crippen molar-refractivity contribution in [2.45, 2.75) is 13.8 Å². The number of hydrogen-bond acceptors (Lipinski definition) is 5. The predicted octanol–water partition coefficient (Wildman–Crippen LogP) is 4.17. The van der Waals surface area contributed by atoms with E-state index in [0.717, 1.165) is 27.8 Å². The number of aryl methyl sites for hydroxylation is 2. The normalized spacial score (nSPS) is 10.8. The molecule has 4 aromatic rings. The quantitative estimate of drug-likeness (QED) is 0.481. The maximum absolute atomic E-state index is 12.8. The lowest BCUT2D eigenvalue weighted by Gasteiger charge is -2.13. The van der Waals surface area contributed by atoms with E-state index in [1.54, 1.807) is 30.5 Å². The molecule has 0 aliphatic heterocycles. The Hall–Kier alpha value is -4.75. The van der Waals surface area contributed by atoms with Crippen molar-refractivity contribution in [1.82, 2.24) is 9.97 Å². The Labute approximate surface area is 184 Å². The molecule has 3 N–H and O–H groups in total. The van der Waals surface area contributed by atoms with Gasteiger partial charge in [-0.05, 0) is 54.3 Å². The lowest BCUT2D eigenvalue weighted by atomic mass is 9.92. The molecule has 2 heterocycles. The van der Waals surface area contributed by atoms with Crippen molar-refractivity contribution in [1.29, 1.82) is 10.5 Å². The minimum absolute atomic E-state index is 0.253. The van der Waals surface area contributed by atoms with Crippen LogP contribution in [0.15, 0.2) is 59.5 Å². The first-order valence-corrected chi connectivity index (χ1v) is 9.90. The standard InChI is InChI=1S/C25H18N6O/c1-15-11-17(5-4-10-26)12-16(2)22(15)19-6-3-7-20-23(19)30-25(31-24(20)32)29-21-9-8-18(13-27)14-28-21/h3-9,11-12,14H,1-2H3,(H2,28,29,30,31,32)/p+1/b5-4+. The number of anilines is 2. The highest BCUT2D eigenvalue weighted by molar-refractivity contribution is 5.95. The largest absolute Gasteiger partial charge is 0.299 e. The molecule has 0 unspecified atom stereocenters. The van der Waals surface area contributed by atoms with Gasteiger partial charge in [-0.1, -0.05) is 24.3 Å². The van der Waals surface area contributed by atoms with Crippen molar-refractivity contribution in [2.75, 3.05) is 5.32 Å². The van der Waals surface area contributed by atoms with Crippen LogP contribution in [0.2, 0.25) is 0 Å². The summed E-state index contributed by atoms with van der Waals surface area (Å²) in [5.41, 5.74) is 5.66. The average molecular weight is 419 g/mol. The first kappa shape index (κ1) is 20.5. The molecule has 0 atom stereocenters. The van der Waals surface area contributed by atoms with E-state index in [1.165, 1.54) is 6.08 Å². The Morgan fingerprint density at radius 3 is 2.56 bits per heavy atom. The van der Waals surface area contributed by atoms with Gasteiger partial charge in [0.15, 0.2) is 0 Å². The maximum atomic E-state index is 12.8. The highest BCUT2D eigenvalue weighted by Gasteiger charge is 2.16. The van der Waals surface area contributed by atoms with Crippen LogP contribution in [0.4, 0.5) is 11.8 Å². The predicted molar refractivity (Wildman–Crippen MR) is 123 cm³/mol. The molecule has 2 aromatic heterocycles. The van der Waals surface area contributed by atoms with Crippen LogP contribution < -0.4 is 15.9 Å². The maximum Gasteiger partial charge on any atom is 0.299 e. The molecule has 0 fully saturated rings. The fourth-order valence-corrected chi connectivity index (χ4v) is 3.77. The Kier molecular flexibility index (Phi) is 5.48. The summed E-state index contributed by atoms with van der Waals surface area (Å²) in [6, 6.07) is 17.0. The number of benzene rings is 2. The van der Waals surface area contributed by atoms with Gasteiger partial charge < -0.3 is 0 Å². The van der Waals surface area contributed by atoms with Crippen LogP contribution in [-0.4, -0.2) is 9.97 Å². The molecular formula is C25H19N6O+. The monoisotopic (exact) mass is 419 g/mol. The Morgan fingerprint density at radius 1 is 1.12 bits per heavy atom. The topological polar surface area (TPSA) is 120 Å². The average Bonchev–Trinajstić information content (AvgIpc) is 2.78. The summed E-state index contributed by atoms with van der Waals surface area (Å²) >= 11 is 0. The molecule has 0 aliphatic carbocycles. The molecule has 4 rings (SSSR count). The van der Waals surface area contributed by atoms with Gasteiger partial charge in [-0.15, -0.1) is 0 Å². The minimum Gasteiger partial charge on any atom is -0.272 e. The lowest BCUT2D eigenvalue weighted by Crippen LogP contribution is -2.16. The number of allylic oxidation sites excluding steroid dienone is 1. The molecule has 7 nitrogen and oxygen atoms in total. The first-order valence-electron chi connectivity index (χ1n) is 9.90. The number of pyridine rings is 1. The summed E-state index contributed by atoms with van der Waals surface area (Å²) in [4.78, 5) is 23.2. The van der Waals surface area contributed by atoms with E-state index in [2.05, 4.69) is 21.4 Å². The summed E-state index contributed by atoms with van der Waals surface area (Å²) in [5.74, 6) is 0.879. The second-order valence-electron chi connectivity index (χ2n) is 7.34. The zero-order chi connectivity index (χ0) is 22.7. The molecule has 0 saturated carbocycles. The van der Waals surface area contributed by atoms with Crippen molar-refractivity contribution in [3.05, 3.63) is 87.3 Å². The molecule has 0 bridgehead atoms. The van der Waals surface area contributed by atoms with E-state index >= 15 is 0 Å². The lowest BCUT2D eigenvalue weighted by molar-refractivity contribution is -0.360. The van der Waals surface area contributed by atoms with Crippen molar-refractivity contribution in [3.8, 4) is 23.3 Å². The third-order valence-electron chi connectivity index (χ3n) is 5.11. The first-order chi connectivity index (χ1) is 15.5. The van der Waals surface area contributed by atoms with Gasteiger partial charge in [-0.3, -0.25) is 9.78 Å². The van der Waals surface area contributed by atoms with E-state index < -0.39 is 0 Å². The van der Waals surface area contributed by atoms with Crippen LogP contribution in [0.25, 0.3) is 28.1 Å². The van der Waals surface area contributed by atoms with Crippen LogP contribution in [0, 0.1) is 36.5 Å². The van der Waals surface area contributed by atoms with Crippen molar-refractivity contribution < 1.29 is 4.98 Å². The smallest absolute Gasteiger partial charge is 0.272 e. The molecular weight excluding hydrogens is 400 g/mol. The molecule has 0 radical (unpaired) electrons. The Balaban J connectivity index is 1.84. The summed E-state index contributed by atoms with van der Waals surface area (Å²) in [6.07, 6.45) is 4.79. The number of para-hydroxylation sites is 1. The second kappa shape index (κ2) is 8.55. The Morgan fingerprint density at radius 2 is 1.91 bits per heavy atom. The molecule has 0 amide bonds. The summed E-state index contributed by atoms with van der Waals surface area (Å²) in [5, 5.41) is 21.3. The SMILES string of the molecule is Cc1cc(/C=C/C#N)cc(C)c1-c1cccc2c(=O)[nH]c(Nc3ccc(C#N)c[nH+]3)nc12. The molecule has 7 heteroatoms. The van der Waals surface area contributed by atoms with Gasteiger partial charge in [0.25, 0.3) is 17.3 Å². The van der Waals surface area contributed by atoms with Gasteiger partial charge in [0.1, 0.15) is 12.3 Å². The fourth-order valence-electron chi connectivity index (χ4n) is 3.77. The number of fused-ring (bicyclic) bond motifs is 1. The number of nitrogens with one attached hydrogen (secondary N) is 3. The van der Waals surface area contributed by atoms with E-state index in [-0.39, 0.29) is 5.56 Å². The summed E-state index contributed by atoms with van der Waals surface area (Å²) in [7, 11) is 0. The molecule has 0 aliphatic rings. The van der Waals surface area contributed by atoms with Crippen LogP contribution in [-0.2, 0) is 0 Å². The molecule has 0 saturated heterocycles. The fraction of sp³-hybridized carbons (Fsp3) is 0.0800. The van der Waals surface area contributed by atoms with E-state index in [9.17, 15) is 4.79 Å². The van der Waals surface area contributed by atoms with Crippen LogP contribution in [0.3, 0.4) is 0 Å². The zero-order valence-corrected chi connectivity index (χ0v) is 17.5. The second-order valence-corrected chi connectivity index (χ2v) is 7.34. The summed E-state index contributed by atoms with van der Waals surface area (Å²) in [6.45, 7) is 4.01. The third kappa shape index (κ3) is 3.96. The summed E-state index contributed by atoms with van der Waals surface area (Å²) < 4.78 is 0. The number of aromatic nitrogens is 3. The van der Waals surface area contributed by atoms with Crippen LogP contribution >= 0.6 is 0 Å². The van der Waals surface area contributed by atoms with Gasteiger partial charge in [0.05, 0.1) is 22.5 Å². The zero-order valence-electron chi connectivity index (χ0n) is 17.5. The van der Waals surface area contributed by atoms with Gasteiger partial charge in [-0.25, -0.2) is 10.3 Å². The number of rotatable bonds is 4. The van der Waals surface area contributed by atoms with E-state index in [1.807, 2.05) is 44.2 Å². The Bertz CT molecular complexity index is 1480. The molecule has 0 spiro atoms.